The van der Waals surface area contributed by atoms with Crippen LogP contribution < -0.4 is 11.5 Å². The molecule has 1 aliphatic heterocycles. The molecule has 0 radical (unpaired) electrons. The quantitative estimate of drug-likeness (QED) is 0.488. The zero-order chi connectivity index (χ0) is 12.8. The van der Waals surface area contributed by atoms with E-state index in [1.807, 2.05) is 0 Å². The standard InChI is InChI=1S/C10H20N4O3/c11-8(7-9(12)16)10(17)14-3-1-13(2-4-14)5-6-15/h8,15H,1-7,11H2,(H2,12,16). The molecular weight excluding hydrogens is 224 g/mol. The number of primary amides is 1. The fraction of sp³-hybridized carbons (Fsp3) is 0.800. The van der Waals surface area contributed by atoms with E-state index in [-0.39, 0.29) is 18.9 Å². The van der Waals surface area contributed by atoms with Crippen LogP contribution in [0.15, 0.2) is 0 Å². The molecule has 5 N–H and O–H groups in total. The molecule has 0 aliphatic carbocycles. The van der Waals surface area contributed by atoms with Crippen LogP contribution >= 0.6 is 0 Å². The van der Waals surface area contributed by atoms with Gasteiger partial charge >= 0.3 is 0 Å². The summed E-state index contributed by atoms with van der Waals surface area (Å²) in [6.45, 7) is 3.33. The molecule has 1 atom stereocenters. The van der Waals surface area contributed by atoms with Crippen molar-refractivity contribution in [2.45, 2.75) is 12.5 Å². The molecule has 0 aromatic heterocycles. The first-order chi connectivity index (χ1) is 8.04. The van der Waals surface area contributed by atoms with Crippen molar-refractivity contribution < 1.29 is 14.7 Å². The molecular formula is C10H20N4O3. The molecule has 7 heteroatoms. The largest absolute Gasteiger partial charge is 0.395 e. The lowest BCUT2D eigenvalue weighted by atomic mass is 10.1. The van der Waals surface area contributed by atoms with Crippen LogP contribution in [0.1, 0.15) is 6.42 Å². The van der Waals surface area contributed by atoms with E-state index in [0.717, 1.165) is 13.1 Å². The topological polar surface area (TPSA) is 113 Å². The van der Waals surface area contributed by atoms with Crippen LogP contribution in [-0.4, -0.2) is 72.1 Å². The summed E-state index contributed by atoms with van der Waals surface area (Å²) in [6, 6.07) is -0.836. The molecule has 0 saturated carbocycles. The van der Waals surface area contributed by atoms with Gasteiger partial charge in [-0.05, 0) is 0 Å². The monoisotopic (exact) mass is 244 g/mol. The molecule has 1 rings (SSSR count). The molecule has 98 valence electrons. The molecule has 0 bridgehead atoms. The summed E-state index contributed by atoms with van der Waals surface area (Å²) in [5, 5.41) is 8.79. The number of piperazine rings is 1. The van der Waals surface area contributed by atoms with E-state index in [4.69, 9.17) is 16.6 Å². The van der Waals surface area contributed by atoms with Crippen molar-refractivity contribution >= 4 is 11.8 Å². The Bertz CT molecular complexity index is 277. The Kier molecular flexibility index (Phi) is 5.33. The van der Waals surface area contributed by atoms with Crippen LogP contribution in [0.25, 0.3) is 0 Å². The minimum atomic E-state index is -0.836. The summed E-state index contributed by atoms with van der Waals surface area (Å²) in [7, 11) is 0. The Balaban J connectivity index is 2.37. The smallest absolute Gasteiger partial charge is 0.240 e. The summed E-state index contributed by atoms with van der Waals surface area (Å²) in [5.74, 6) is -0.794. The van der Waals surface area contributed by atoms with Crippen LogP contribution in [0.2, 0.25) is 0 Å². The molecule has 2 amide bonds. The maximum atomic E-state index is 11.8. The second-order valence-corrected chi connectivity index (χ2v) is 4.17. The average molecular weight is 244 g/mol. The SMILES string of the molecule is NC(=O)CC(N)C(=O)N1CCN(CCO)CC1. The molecule has 1 fully saturated rings. The van der Waals surface area contributed by atoms with Crippen molar-refractivity contribution in [1.29, 1.82) is 0 Å². The summed E-state index contributed by atoms with van der Waals surface area (Å²) < 4.78 is 0. The number of hydrogen-bond acceptors (Lipinski definition) is 5. The highest BCUT2D eigenvalue weighted by atomic mass is 16.3. The lowest BCUT2D eigenvalue weighted by molar-refractivity contribution is -0.136. The van der Waals surface area contributed by atoms with Gasteiger partial charge in [0, 0.05) is 32.7 Å². The average Bonchev–Trinajstić information content (AvgIpc) is 2.28. The molecule has 1 unspecified atom stereocenters. The Morgan fingerprint density at radius 3 is 2.29 bits per heavy atom. The van der Waals surface area contributed by atoms with Gasteiger partial charge in [0.25, 0.3) is 0 Å². The number of carbonyl (C=O) groups excluding carboxylic acids is 2. The van der Waals surface area contributed by atoms with Crippen LogP contribution in [0.5, 0.6) is 0 Å². The highest BCUT2D eigenvalue weighted by Gasteiger charge is 2.25. The molecule has 1 aliphatic rings. The van der Waals surface area contributed by atoms with Crippen molar-refractivity contribution in [2.24, 2.45) is 11.5 Å². The first-order valence-electron chi connectivity index (χ1n) is 5.70. The van der Waals surface area contributed by atoms with E-state index in [1.165, 1.54) is 0 Å². The Labute approximate surface area is 100 Å². The molecule has 0 aromatic carbocycles. The minimum absolute atomic E-state index is 0.115. The third kappa shape index (κ3) is 4.29. The lowest BCUT2D eigenvalue weighted by Gasteiger charge is -2.35. The fourth-order valence-corrected chi connectivity index (χ4v) is 1.87. The zero-order valence-corrected chi connectivity index (χ0v) is 9.84. The van der Waals surface area contributed by atoms with Gasteiger partial charge in [0.15, 0.2) is 0 Å². The second kappa shape index (κ2) is 6.53. The normalized spacial score (nSPS) is 19.1. The summed E-state index contributed by atoms with van der Waals surface area (Å²) in [4.78, 5) is 26.2. The van der Waals surface area contributed by atoms with Gasteiger partial charge in [0.2, 0.25) is 11.8 Å². The van der Waals surface area contributed by atoms with Crippen LogP contribution in [0.4, 0.5) is 0 Å². The number of rotatable bonds is 5. The van der Waals surface area contributed by atoms with Crippen LogP contribution in [0, 0.1) is 0 Å². The van der Waals surface area contributed by atoms with E-state index in [9.17, 15) is 9.59 Å². The molecule has 1 saturated heterocycles. The maximum absolute atomic E-state index is 11.8. The highest BCUT2D eigenvalue weighted by molar-refractivity contribution is 5.87. The number of nitrogens with zero attached hydrogens (tertiary/aromatic N) is 2. The molecule has 17 heavy (non-hydrogen) atoms. The lowest BCUT2D eigenvalue weighted by Crippen LogP contribution is -2.54. The van der Waals surface area contributed by atoms with Gasteiger partial charge in [0.1, 0.15) is 0 Å². The number of amides is 2. The third-order valence-electron chi connectivity index (χ3n) is 2.84. The van der Waals surface area contributed by atoms with Gasteiger partial charge in [0.05, 0.1) is 19.1 Å². The van der Waals surface area contributed by atoms with Gasteiger partial charge < -0.3 is 21.5 Å². The van der Waals surface area contributed by atoms with E-state index < -0.39 is 11.9 Å². The van der Waals surface area contributed by atoms with Crippen LogP contribution in [0.3, 0.4) is 0 Å². The minimum Gasteiger partial charge on any atom is -0.395 e. The number of nitrogens with two attached hydrogens (primary N) is 2. The van der Waals surface area contributed by atoms with E-state index >= 15 is 0 Å². The van der Waals surface area contributed by atoms with Crippen molar-refractivity contribution in [3.63, 3.8) is 0 Å². The fourth-order valence-electron chi connectivity index (χ4n) is 1.87. The van der Waals surface area contributed by atoms with Gasteiger partial charge in [-0.15, -0.1) is 0 Å². The van der Waals surface area contributed by atoms with Gasteiger partial charge in [-0.25, -0.2) is 0 Å². The first kappa shape index (κ1) is 13.9. The van der Waals surface area contributed by atoms with E-state index in [0.29, 0.717) is 19.6 Å². The first-order valence-corrected chi connectivity index (χ1v) is 5.70. The predicted molar refractivity (Wildman–Crippen MR) is 61.9 cm³/mol. The Hall–Kier alpha value is -1.18. The van der Waals surface area contributed by atoms with E-state index in [2.05, 4.69) is 4.90 Å². The Morgan fingerprint density at radius 1 is 1.24 bits per heavy atom. The van der Waals surface area contributed by atoms with Gasteiger partial charge in [-0.3, -0.25) is 14.5 Å². The third-order valence-corrected chi connectivity index (χ3v) is 2.84. The second-order valence-electron chi connectivity index (χ2n) is 4.17. The summed E-state index contributed by atoms with van der Waals surface area (Å²) in [6.07, 6.45) is -0.115. The number of aliphatic hydroxyl groups is 1. The molecule has 0 spiro atoms. The highest BCUT2D eigenvalue weighted by Crippen LogP contribution is 2.04. The van der Waals surface area contributed by atoms with Crippen molar-refractivity contribution in [3.05, 3.63) is 0 Å². The van der Waals surface area contributed by atoms with E-state index in [1.54, 1.807) is 4.90 Å². The van der Waals surface area contributed by atoms with Crippen molar-refractivity contribution in [2.75, 3.05) is 39.3 Å². The number of aliphatic hydroxyl groups excluding tert-OH is 1. The number of carbonyl (C=O) groups is 2. The van der Waals surface area contributed by atoms with Crippen molar-refractivity contribution in [3.8, 4) is 0 Å². The zero-order valence-electron chi connectivity index (χ0n) is 9.84. The molecule has 7 nitrogen and oxygen atoms in total. The van der Waals surface area contributed by atoms with Gasteiger partial charge in [-0.2, -0.15) is 0 Å². The summed E-state index contributed by atoms with van der Waals surface area (Å²) >= 11 is 0. The van der Waals surface area contributed by atoms with Crippen molar-refractivity contribution in [1.82, 2.24) is 9.80 Å². The predicted octanol–water partition coefficient (Wildman–Crippen LogP) is -2.67. The Morgan fingerprint density at radius 2 is 1.82 bits per heavy atom. The molecule has 0 aromatic rings. The summed E-state index contributed by atoms with van der Waals surface area (Å²) in [5.41, 5.74) is 10.6. The van der Waals surface area contributed by atoms with Gasteiger partial charge in [-0.1, -0.05) is 0 Å². The maximum Gasteiger partial charge on any atom is 0.240 e. The number of β-amino-alcohol motifs (C(OH)–C–C–N with tert-alkyl or cyclic N) is 1. The molecule has 1 heterocycles. The van der Waals surface area contributed by atoms with Crippen LogP contribution in [-0.2, 0) is 9.59 Å². The number of hydrogen-bond donors (Lipinski definition) is 3.